The van der Waals surface area contributed by atoms with Crippen LogP contribution in [0.25, 0.3) is 11.5 Å². The van der Waals surface area contributed by atoms with Crippen molar-refractivity contribution < 1.29 is 31.9 Å². The number of anilines is 2. The molecule has 38 heavy (non-hydrogen) atoms. The predicted molar refractivity (Wildman–Crippen MR) is 123 cm³/mol. The number of alkyl halides is 5. The van der Waals surface area contributed by atoms with E-state index >= 15 is 0 Å². The third-order valence-electron chi connectivity index (χ3n) is 5.87. The molecule has 2 N–H and O–H groups in total. The van der Waals surface area contributed by atoms with Crippen LogP contribution < -0.4 is 10.2 Å². The topological polar surface area (TPSA) is 126 Å². The van der Waals surface area contributed by atoms with Crippen LogP contribution in [0.15, 0.2) is 24.7 Å². The molecule has 1 aliphatic rings. The Kier molecular flexibility index (Phi) is 6.18. The highest BCUT2D eigenvalue weighted by atomic mass is 35.5. The fraction of sp³-hybridized carbons (Fsp3) is 0.333. The van der Waals surface area contributed by atoms with Crippen molar-refractivity contribution in [3.8, 4) is 5.82 Å². The highest BCUT2D eigenvalue weighted by molar-refractivity contribution is 6.30. The predicted octanol–water partition coefficient (Wildman–Crippen LogP) is 4.52. The van der Waals surface area contributed by atoms with Crippen LogP contribution in [0.5, 0.6) is 0 Å². The van der Waals surface area contributed by atoms with E-state index in [4.69, 9.17) is 11.6 Å². The van der Waals surface area contributed by atoms with Crippen LogP contribution in [0.3, 0.4) is 0 Å². The molecular weight excluding hydrogens is 541 g/mol. The molecule has 0 bridgehead atoms. The number of carbonyl (C=O) groups excluding carboxylic acids is 1. The fourth-order valence-corrected chi connectivity index (χ4v) is 4.43. The van der Waals surface area contributed by atoms with E-state index < -0.39 is 52.6 Å². The summed E-state index contributed by atoms with van der Waals surface area (Å²) in [5, 5.41) is 22.9. The van der Waals surface area contributed by atoms with Crippen molar-refractivity contribution in [1.82, 2.24) is 34.6 Å². The van der Waals surface area contributed by atoms with Crippen LogP contribution >= 0.6 is 11.6 Å². The first kappa shape index (κ1) is 25.7. The zero-order valence-corrected chi connectivity index (χ0v) is 20.2. The molecule has 200 valence electrons. The second-order valence-electron chi connectivity index (χ2n) is 8.54. The SMILES string of the molecule is C[C@@H]1CN(C(=O)Nc2cnc(-n3ncc([C@@H](C)O)n3)c(C(F)F)c2)c2cnc3c(C(F)(F)F)c(Cl)nn3c21. The third-order valence-corrected chi connectivity index (χ3v) is 6.13. The molecular formula is C21H17ClF5N9O2. The van der Waals surface area contributed by atoms with Crippen LogP contribution in [0, 0.1) is 0 Å². The van der Waals surface area contributed by atoms with Gasteiger partial charge in [0, 0.05) is 12.5 Å². The van der Waals surface area contributed by atoms with Crippen molar-refractivity contribution >= 4 is 34.7 Å². The highest BCUT2D eigenvalue weighted by Crippen LogP contribution is 2.41. The number of fused-ring (bicyclic) bond motifs is 3. The average molecular weight is 558 g/mol. The van der Waals surface area contributed by atoms with Crippen LogP contribution in [-0.4, -0.2) is 52.3 Å². The quantitative estimate of drug-likeness (QED) is 0.353. The van der Waals surface area contributed by atoms with Crippen molar-refractivity contribution in [3.05, 3.63) is 52.3 Å². The Balaban J connectivity index is 1.45. The van der Waals surface area contributed by atoms with Gasteiger partial charge in [0.25, 0.3) is 6.43 Å². The Morgan fingerprint density at radius 3 is 2.58 bits per heavy atom. The van der Waals surface area contributed by atoms with Gasteiger partial charge in [-0.2, -0.15) is 23.4 Å². The van der Waals surface area contributed by atoms with Gasteiger partial charge in [-0.15, -0.1) is 9.90 Å². The summed E-state index contributed by atoms with van der Waals surface area (Å²) in [5.74, 6) is -0.753. The third kappa shape index (κ3) is 4.28. The Bertz CT molecular complexity index is 1550. The second kappa shape index (κ2) is 9.13. The lowest BCUT2D eigenvalue weighted by atomic mass is 10.1. The molecule has 0 saturated heterocycles. The summed E-state index contributed by atoms with van der Waals surface area (Å²) in [4.78, 5) is 22.9. The van der Waals surface area contributed by atoms with Gasteiger partial charge in [0.15, 0.2) is 16.6 Å². The molecule has 0 aliphatic carbocycles. The number of rotatable bonds is 4. The van der Waals surface area contributed by atoms with E-state index in [-0.39, 0.29) is 35.1 Å². The largest absolute Gasteiger partial charge is 0.423 e. The Morgan fingerprint density at radius 1 is 1.21 bits per heavy atom. The molecule has 11 nitrogen and oxygen atoms in total. The molecule has 5 rings (SSSR count). The number of pyridine rings is 1. The maximum Gasteiger partial charge on any atom is 0.423 e. The molecule has 4 aromatic rings. The second-order valence-corrected chi connectivity index (χ2v) is 8.90. The maximum absolute atomic E-state index is 13.8. The van der Waals surface area contributed by atoms with Gasteiger partial charge in [-0.1, -0.05) is 18.5 Å². The van der Waals surface area contributed by atoms with Crippen molar-refractivity contribution in [3.63, 3.8) is 0 Å². The molecule has 4 aromatic heterocycles. The van der Waals surface area contributed by atoms with Gasteiger partial charge in [-0.25, -0.2) is 28.1 Å². The first-order valence-electron chi connectivity index (χ1n) is 11.0. The maximum atomic E-state index is 13.8. The van der Waals surface area contributed by atoms with E-state index in [1.807, 2.05) is 0 Å². The summed E-state index contributed by atoms with van der Waals surface area (Å²) < 4.78 is 68.9. The summed E-state index contributed by atoms with van der Waals surface area (Å²) in [6.45, 7) is 3.16. The van der Waals surface area contributed by atoms with E-state index in [9.17, 15) is 31.9 Å². The Morgan fingerprint density at radius 2 is 1.95 bits per heavy atom. The summed E-state index contributed by atoms with van der Waals surface area (Å²) in [5.41, 5.74) is -1.73. The van der Waals surface area contributed by atoms with Crippen molar-refractivity contribution in [2.24, 2.45) is 0 Å². The molecule has 5 heterocycles. The number of aliphatic hydroxyl groups is 1. The summed E-state index contributed by atoms with van der Waals surface area (Å²) in [7, 11) is 0. The number of hydrogen-bond donors (Lipinski definition) is 2. The van der Waals surface area contributed by atoms with Crippen molar-refractivity contribution in [1.29, 1.82) is 0 Å². The van der Waals surface area contributed by atoms with Crippen LogP contribution in [0.1, 0.15) is 54.8 Å². The standard InChI is InChI=1S/C21H17ClF5N9O2/c1-8-7-34(13-6-29-19-14(21(25,26)27)16(22)33-35(19)15(8)13)20(38)31-10-3-11(17(23)24)18(28-4-10)36-30-5-12(32-36)9(2)37/h3-6,8-9,17,37H,7H2,1-2H3,(H,31,38)/t8-,9-/m1/s1. The fourth-order valence-electron chi connectivity index (χ4n) is 4.16. The van der Waals surface area contributed by atoms with Gasteiger partial charge in [0.2, 0.25) is 0 Å². The van der Waals surface area contributed by atoms with E-state index in [2.05, 4.69) is 30.6 Å². The summed E-state index contributed by atoms with van der Waals surface area (Å²) in [6.07, 6.45) is -5.34. The van der Waals surface area contributed by atoms with E-state index in [0.717, 1.165) is 27.8 Å². The molecule has 2 amide bonds. The molecule has 2 atom stereocenters. The first-order valence-corrected chi connectivity index (χ1v) is 11.4. The van der Waals surface area contributed by atoms with Gasteiger partial charge in [-0.3, -0.25) is 4.90 Å². The number of nitrogens with one attached hydrogen (secondary N) is 1. The zero-order valence-electron chi connectivity index (χ0n) is 19.4. The monoisotopic (exact) mass is 557 g/mol. The van der Waals surface area contributed by atoms with E-state index in [1.165, 1.54) is 18.0 Å². The highest BCUT2D eigenvalue weighted by Gasteiger charge is 2.41. The Hall–Kier alpha value is -3.92. The van der Waals surface area contributed by atoms with Crippen LogP contribution in [-0.2, 0) is 6.18 Å². The number of urea groups is 1. The van der Waals surface area contributed by atoms with Gasteiger partial charge < -0.3 is 10.4 Å². The molecule has 17 heteroatoms. The minimum atomic E-state index is -4.79. The summed E-state index contributed by atoms with van der Waals surface area (Å²) >= 11 is 5.75. The first-order chi connectivity index (χ1) is 17.9. The number of carbonyl (C=O) groups is 1. The number of nitrogens with zero attached hydrogens (tertiary/aromatic N) is 8. The minimum Gasteiger partial charge on any atom is -0.387 e. The minimum absolute atomic E-state index is 0.0489. The number of halogens is 6. The van der Waals surface area contributed by atoms with Crippen molar-refractivity contribution in [2.45, 2.75) is 38.5 Å². The van der Waals surface area contributed by atoms with Gasteiger partial charge in [0.05, 0.1) is 47.3 Å². The smallest absolute Gasteiger partial charge is 0.387 e. The molecule has 0 radical (unpaired) electrons. The van der Waals surface area contributed by atoms with Gasteiger partial charge in [0.1, 0.15) is 11.3 Å². The van der Waals surface area contributed by atoms with Crippen molar-refractivity contribution in [2.75, 3.05) is 16.8 Å². The number of hydrogen-bond acceptors (Lipinski definition) is 7. The number of amides is 2. The lowest BCUT2D eigenvalue weighted by Crippen LogP contribution is -2.34. The zero-order chi connectivity index (χ0) is 27.5. The molecule has 0 saturated carbocycles. The lowest BCUT2D eigenvalue weighted by molar-refractivity contribution is -0.136. The van der Waals surface area contributed by atoms with Crippen LogP contribution in [0.2, 0.25) is 5.15 Å². The molecule has 1 aliphatic heterocycles. The lowest BCUT2D eigenvalue weighted by Gasteiger charge is -2.18. The molecule has 0 spiro atoms. The van der Waals surface area contributed by atoms with Crippen LogP contribution in [0.4, 0.5) is 38.1 Å². The molecule has 0 fully saturated rings. The van der Waals surface area contributed by atoms with Gasteiger partial charge in [-0.05, 0) is 13.0 Å². The van der Waals surface area contributed by atoms with Gasteiger partial charge >= 0.3 is 12.2 Å². The Labute approximate surface area is 214 Å². The molecule has 0 aromatic carbocycles. The average Bonchev–Trinajstić information content (AvgIpc) is 3.53. The molecule has 0 unspecified atom stereocenters. The normalized spacial score (nSPS) is 16.4. The summed E-state index contributed by atoms with van der Waals surface area (Å²) in [6, 6.07) is 0.246. The number of aliphatic hydroxyl groups excluding tert-OH is 1. The van der Waals surface area contributed by atoms with E-state index in [0.29, 0.717) is 0 Å². The van der Waals surface area contributed by atoms with E-state index in [1.54, 1.807) is 6.92 Å². The number of aromatic nitrogens is 7.